The van der Waals surface area contributed by atoms with Crippen LogP contribution in [-0.2, 0) is 11.2 Å². The van der Waals surface area contributed by atoms with Gasteiger partial charge in [-0.3, -0.25) is 4.79 Å². The molecule has 2 aromatic carbocycles. The molecule has 1 amide bonds. The summed E-state index contributed by atoms with van der Waals surface area (Å²) in [5.74, 6) is 1.41. The second-order valence-corrected chi connectivity index (χ2v) is 6.99. The largest absolute Gasteiger partial charge is 0.340 e. The van der Waals surface area contributed by atoms with Gasteiger partial charge in [0, 0.05) is 42.3 Å². The van der Waals surface area contributed by atoms with E-state index in [1.54, 1.807) is 11.1 Å². The van der Waals surface area contributed by atoms with Gasteiger partial charge in [0.2, 0.25) is 11.9 Å². The van der Waals surface area contributed by atoms with Crippen LogP contribution in [0.2, 0.25) is 0 Å². The molecule has 1 aromatic heterocycles. The number of nitrogens with one attached hydrogen (secondary N) is 2. The van der Waals surface area contributed by atoms with Gasteiger partial charge >= 0.3 is 0 Å². The van der Waals surface area contributed by atoms with Gasteiger partial charge in [-0.05, 0) is 49.6 Å². The molecule has 0 saturated heterocycles. The fourth-order valence-corrected chi connectivity index (χ4v) is 3.31. The van der Waals surface area contributed by atoms with Gasteiger partial charge < -0.3 is 15.5 Å². The molecule has 0 bridgehead atoms. The van der Waals surface area contributed by atoms with Gasteiger partial charge in [-0.25, -0.2) is 4.98 Å². The lowest BCUT2D eigenvalue weighted by Gasteiger charge is -2.19. The zero-order valence-electron chi connectivity index (χ0n) is 16.1. The van der Waals surface area contributed by atoms with Gasteiger partial charge in [0.05, 0.1) is 0 Å². The topological polar surface area (TPSA) is 70.2 Å². The standard InChI is InChI=1S/C22H23N5O/c1-15-14-23-22(26-21(15)24-17-8-4-3-5-9-17)25-18-12-11-16-7-6-10-20(28)27(2)19(16)13-18/h3-5,8-9,11-14H,6-7,10H2,1-2H3,(H2,23,24,25,26). The maximum Gasteiger partial charge on any atom is 0.229 e. The summed E-state index contributed by atoms with van der Waals surface area (Å²) in [4.78, 5) is 22.9. The van der Waals surface area contributed by atoms with E-state index < -0.39 is 0 Å². The molecular weight excluding hydrogens is 350 g/mol. The number of para-hydroxylation sites is 1. The first-order chi connectivity index (χ1) is 13.6. The number of hydrogen-bond acceptors (Lipinski definition) is 5. The number of carbonyl (C=O) groups is 1. The summed E-state index contributed by atoms with van der Waals surface area (Å²) in [6.45, 7) is 1.97. The maximum atomic E-state index is 12.2. The third-order valence-corrected chi connectivity index (χ3v) is 4.92. The Morgan fingerprint density at radius 2 is 1.82 bits per heavy atom. The Balaban J connectivity index is 1.59. The van der Waals surface area contributed by atoms with Crippen molar-refractivity contribution in [2.24, 2.45) is 0 Å². The molecule has 142 valence electrons. The second kappa shape index (κ2) is 7.68. The monoisotopic (exact) mass is 373 g/mol. The van der Waals surface area contributed by atoms with Gasteiger partial charge in [0.1, 0.15) is 5.82 Å². The fraction of sp³-hybridized carbons (Fsp3) is 0.227. The number of nitrogens with zero attached hydrogens (tertiary/aromatic N) is 3. The summed E-state index contributed by atoms with van der Waals surface area (Å²) in [5.41, 5.74) is 4.93. The highest BCUT2D eigenvalue weighted by Gasteiger charge is 2.19. The van der Waals surface area contributed by atoms with Crippen LogP contribution in [0.5, 0.6) is 0 Å². The van der Waals surface area contributed by atoms with Crippen LogP contribution in [0.15, 0.2) is 54.7 Å². The molecular formula is C22H23N5O. The molecule has 0 atom stereocenters. The zero-order valence-corrected chi connectivity index (χ0v) is 16.1. The van der Waals surface area contributed by atoms with E-state index in [1.165, 1.54) is 5.56 Å². The summed E-state index contributed by atoms with van der Waals surface area (Å²) in [6, 6.07) is 16.0. The number of amides is 1. The van der Waals surface area contributed by atoms with Crippen molar-refractivity contribution in [2.45, 2.75) is 26.2 Å². The lowest BCUT2D eigenvalue weighted by Crippen LogP contribution is -2.25. The van der Waals surface area contributed by atoms with Crippen molar-refractivity contribution >= 4 is 34.7 Å². The van der Waals surface area contributed by atoms with Crippen molar-refractivity contribution in [3.8, 4) is 0 Å². The minimum Gasteiger partial charge on any atom is -0.340 e. The fourth-order valence-electron chi connectivity index (χ4n) is 3.31. The van der Waals surface area contributed by atoms with Crippen LogP contribution in [0, 0.1) is 6.92 Å². The van der Waals surface area contributed by atoms with Crippen LogP contribution in [0.4, 0.5) is 28.8 Å². The zero-order chi connectivity index (χ0) is 19.5. The highest BCUT2D eigenvalue weighted by Crippen LogP contribution is 2.30. The van der Waals surface area contributed by atoms with E-state index >= 15 is 0 Å². The minimum absolute atomic E-state index is 0.150. The van der Waals surface area contributed by atoms with Crippen LogP contribution < -0.4 is 15.5 Å². The van der Waals surface area contributed by atoms with Crippen molar-refractivity contribution in [3.05, 3.63) is 65.9 Å². The molecule has 0 unspecified atom stereocenters. The van der Waals surface area contributed by atoms with E-state index in [0.29, 0.717) is 12.4 Å². The lowest BCUT2D eigenvalue weighted by atomic mass is 10.1. The molecule has 0 spiro atoms. The van der Waals surface area contributed by atoms with Crippen LogP contribution in [0.25, 0.3) is 0 Å². The van der Waals surface area contributed by atoms with E-state index in [0.717, 1.165) is 41.3 Å². The first-order valence-electron chi connectivity index (χ1n) is 9.42. The van der Waals surface area contributed by atoms with E-state index in [-0.39, 0.29) is 5.91 Å². The average molecular weight is 373 g/mol. The van der Waals surface area contributed by atoms with E-state index in [2.05, 4.69) is 26.7 Å². The molecule has 28 heavy (non-hydrogen) atoms. The highest BCUT2D eigenvalue weighted by atomic mass is 16.2. The van der Waals surface area contributed by atoms with Crippen molar-refractivity contribution < 1.29 is 4.79 Å². The number of aryl methyl sites for hydroxylation is 2. The summed E-state index contributed by atoms with van der Waals surface area (Å²) in [7, 11) is 1.83. The van der Waals surface area contributed by atoms with Crippen LogP contribution in [0.1, 0.15) is 24.0 Å². The van der Waals surface area contributed by atoms with Gasteiger partial charge in [-0.2, -0.15) is 4.98 Å². The molecule has 6 heteroatoms. The smallest absolute Gasteiger partial charge is 0.229 e. The van der Waals surface area contributed by atoms with Gasteiger partial charge in [0.25, 0.3) is 0 Å². The molecule has 0 saturated carbocycles. The Kier molecular flexibility index (Phi) is 4.93. The highest BCUT2D eigenvalue weighted by molar-refractivity contribution is 5.95. The van der Waals surface area contributed by atoms with Crippen molar-refractivity contribution in [1.29, 1.82) is 0 Å². The SMILES string of the molecule is Cc1cnc(Nc2ccc3c(c2)N(C)C(=O)CCC3)nc1Nc1ccccc1. The third-order valence-electron chi connectivity index (χ3n) is 4.92. The molecule has 4 rings (SSSR count). The average Bonchev–Trinajstić information content (AvgIpc) is 2.84. The maximum absolute atomic E-state index is 12.2. The first kappa shape index (κ1) is 18.0. The lowest BCUT2D eigenvalue weighted by molar-refractivity contribution is -0.118. The van der Waals surface area contributed by atoms with Gasteiger partial charge in [-0.15, -0.1) is 0 Å². The Hall–Kier alpha value is -3.41. The van der Waals surface area contributed by atoms with Crippen molar-refractivity contribution in [1.82, 2.24) is 9.97 Å². The third kappa shape index (κ3) is 3.81. The van der Waals surface area contributed by atoms with E-state index in [1.807, 2.05) is 56.4 Å². The predicted molar refractivity (Wildman–Crippen MR) is 113 cm³/mol. The summed E-state index contributed by atoms with van der Waals surface area (Å²) >= 11 is 0. The summed E-state index contributed by atoms with van der Waals surface area (Å²) in [6.07, 6.45) is 4.18. The normalized spacial score (nSPS) is 13.6. The number of aromatic nitrogens is 2. The second-order valence-electron chi connectivity index (χ2n) is 6.99. The van der Waals surface area contributed by atoms with E-state index in [4.69, 9.17) is 0 Å². The summed E-state index contributed by atoms with van der Waals surface area (Å²) < 4.78 is 0. The number of anilines is 5. The van der Waals surface area contributed by atoms with Gasteiger partial charge in [0.15, 0.2) is 0 Å². The van der Waals surface area contributed by atoms with Gasteiger partial charge in [-0.1, -0.05) is 24.3 Å². The molecule has 6 nitrogen and oxygen atoms in total. The number of hydrogen-bond donors (Lipinski definition) is 2. The Labute approximate surface area is 164 Å². The molecule has 2 N–H and O–H groups in total. The van der Waals surface area contributed by atoms with Crippen molar-refractivity contribution in [2.75, 3.05) is 22.6 Å². The molecule has 1 aliphatic heterocycles. The molecule has 1 aliphatic rings. The number of rotatable bonds is 4. The molecule has 2 heterocycles. The predicted octanol–water partition coefficient (Wildman–Crippen LogP) is 4.57. The first-order valence-corrected chi connectivity index (χ1v) is 9.42. The number of benzene rings is 2. The minimum atomic E-state index is 0.150. The molecule has 0 aliphatic carbocycles. The van der Waals surface area contributed by atoms with E-state index in [9.17, 15) is 4.79 Å². The summed E-state index contributed by atoms with van der Waals surface area (Å²) in [5, 5.41) is 6.59. The van der Waals surface area contributed by atoms with Crippen LogP contribution in [-0.4, -0.2) is 22.9 Å². The van der Waals surface area contributed by atoms with Crippen molar-refractivity contribution in [3.63, 3.8) is 0 Å². The van der Waals surface area contributed by atoms with Crippen LogP contribution in [0.3, 0.4) is 0 Å². The Morgan fingerprint density at radius 1 is 1.00 bits per heavy atom. The quantitative estimate of drug-likeness (QED) is 0.701. The Bertz CT molecular complexity index is 1000. The van der Waals surface area contributed by atoms with Crippen LogP contribution >= 0.6 is 0 Å². The number of fused-ring (bicyclic) bond motifs is 1. The molecule has 0 fully saturated rings. The Morgan fingerprint density at radius 3 is 2.64 bits per heavy atom. The number of carbonyl (C=O) groups excluding carboxylic acids is 1. The molecule has 3 aromatic rings. The molecule has 0 radical (unpaired) electrons.